The largest absolute Gasteiger partial charge is 0.351 e. The molecule has 1 aromatic rings. The van der Waals surface area contributed by atoms with E-state index >= 15 is 0 Å². The van der Waals surface area contributed by atoms with Gasteiger partial charge in [-0.2, -0.15) is 0 Å². The molecule has 3 amide bonds. The van der Waals surface area contributed by atoms with Crippen molar-refractivity contribution in [3.63, 3.8) is 0 Å². The van der Waals surface area contributed by atoms with E-state index in [0.29, 0.717) is 6.42 Å². The number of nitrogens with two attached hydrogens (primary N) is 1. The Morgan fingerprint density at radius 2 is 1.93 bits per heavy atom. The molecule has 0 spiro atoms. The average Bonchev–Trinajstić information content (AvgIpc) is 2.19. The van der Waals surface area contributed by atoms with Gasteiger partial charge in [-0.05, 0) is 12.0 Å². The molecule has 0 aromatic heterocycles. The Morgan fingerprint density at radius 3 is 2.40 bits per heavy atom. The number of hydrogen-bond donors (Lipinski definition) is 2. The lowest BCUT2D eigenvalue weighted by atomic mass is 9.96. The van der Waals surface area contributed by atoms with Crippen LogP contribution in [0.25, 0.3) is 0 Å². The van der Waals surface area contributed by atoms with Crippen molar-refractivity contribution >= 4 is 11.9 Å². The summed E-state index contributed by atoms with van der Waals surface area (Å²) in [6.45, 7) is 1.89. The third-order valence-corrected chi connectivity index (χ3v) is 2.17. The highest BCUT2D eigenvalue weighted by Gasteiger charge is 2.19. The van der Waals surface area contributed by atoms with Gasteiger partial charge in [-0.1, -0.05) is 37.3 Å². The Labute approximate surface area is 88.5 Å². The Balaban J connectivity index is 2.80. The smallest absolute Gasteiger partial charge is 0.318 e. The SMILES string of the molecule is CCC(C(=O)NC(N)=O)c1ccccc1. The van der Waals surface area contributed by atoms with Gasteiger partial charge in [-0.3, -0.25) is 10.1 Å². The van der Waals surface area contributed by atoms with E-state index < -0.39 is 6.03 Å². The molecule has 3 N–H and O–H groups in total. The quantitative estimate of drug-likeness (QED) is 0.784. The van der Waals surface area contributed by atoms with Crippen molar-refractivity contribution in [2.75, 3.05) is 0 Å². The fourth-order valence-corrected chi connectivity index (χ4v) is 1.47. The monoisotopic (exact) mass is 206 g/mol. The molecule has 0 saturated carbocycles. The molecule has 0 bridgehead atoms. The zero-order valence-corrected chi connectivity index (χ0v) is 8.57. The lowest BCUT2D eigenvalue weighted by molar-refractivity contribution is -0.121. The summed E-state index contributed by atoms with van der Waals surface area (Å²) in [6.07, 6.45) is 0.628. The summed E-state index contributed by atoms with van der Waals surface area (Å²) in [4.78, 5) is 22.1. The van der Waals surface area contributed by atoms with Gasteiger partial charge in [-0.25, -0.2) is 4.79 Å². The van der Waals surface area contributed by atoms with E-state index in [1.165, 1.54) is 0 Å². The predicted molar refractivity (Wildman–Crippen MR) is 57.2 cm³/mol. The number of nitrogens with one attached hydrogen (secondary N) is 1. The molecule has 15 heavy (non-hydrogen) atoms. The van der Waals surface area contributed by atoms with E-state index in [2.05, 4.69) is 5.32 Å². The summed E-state index contributed by atoms with van der Waals surface area (Å²) < 4.78 is 0. The minimum absolute atomic E-state index is 0.321. The second kappa shape index (κ2) is 5.14. The molecule has 0 fully saturated rings. The molecule has 0 aliphatic carbocycles. The van der Waals surface area contributed by atoms with Crippen molar-refractivity contribution in [1.82, 2.24) is 5.32 Å². The standard InChI is InChI=1S/C11H14N2O2/c1-2-9(10(14)13-11(12)15)8-6-4-3-5-7-8/h3-7,9H,2H2,1H3,(H3,12,13,14,15). The van der Waals surface area contributed by atoms with Gasteiger partial charge in [0.25, 0.3) is 0 Å². The molecule has 0 heterocycles. The number of primary amides is 1. The fourth-order valence-electron chi connectivity index (χ4n) is 1.47. The Bertz CT molecular complexity index is 349. The van der Waals surface area contributed by atoms with Crippen LogP contribution >= 0.6 is 0 Å². The van der Waals surface area contributed by atoms with Gasteiger partial charge < -0.3 is 5.73 Å². The number of imide groups is 1. The maximum absolute atomic E-state index is 11.6. The van der Waals surface area contributed by atoms with Crippen LogP contribution in [0.2, 0.25) is 0 Å². The van der Waals surface area contributed by atoms with E-state index in [1.54, 1.807) is 0 Å². The van der Waals surface area contributed by atoms with Crippen LogP contribution in [0.3, 0.4) is 0 Å². The van der Waals surface area contributed by atoms with Crippen LogP contribution in [0.15, 0.2) is 30.3 Å². The average molecular weight is 206 g/mol. The number of hydrogen-bond acceptors (Lipinski definition) is 2. The first kappa shape index (κ1) is 11.2. The molecule has 0 radical (unpaired) electrons. The second-order valence-corrected chi connectivity index (χ2v) is 3.23. The summed E-state index contributed by atoms with van der Waals surface area (Å²) in [5.41, 5.74) is 5.78. The lowest BCUT2D eigenvalue weighted by Crippen LogP contribution is -2.38. The zero-order valence-electron chi connectivity index (χ0n) is 8.57. The van der Waals surface area contributed by atoms with Crippen LogP contribution in [-0.2, 0) is 4.79 Å². The van der Waals surface area contributed by atoms with Gasteiger partial charge in [0, 0.05) is 0 Å². The zero-order chi connectivity index (χ0) is 11.3. The van der Waals surface area contributed by atoms with Crippen LogP contribution < -0.4 is 11.1 Å². The van der Waals surface area contributed by atoms with Crippen LogP contribution in [0.1, 0.15) is 24.8 Å². The highest BCUT2D eigenvalue weighted by Crippen LogP contribution is 2.18. The highest BCUT2D eigenvalue weighted by molar-refractivity contribution is 5.96. The molecule has 1 atom stereocenters. The molecule has 80 valence electrons. The maximum Gasteiger partial charge on any atom is 0.318 e. The maximum atomic E-state index is 11.6. The summed E-state index contributed by atoms with van der Waals surface area (Å²) in [5, 5.41) is 2.09. The van der Waals surface area contributed by atoms with Crippen LogP contribution in [-0.4, -0.2) is 11.9 Å². The lowest BCUT2D eigenvalue weighted by Gasteiger charge is -2.13. The molecule has 1 unspecified atom stereocenters. The van der Waals surface area contributed by atoms with Crippen molar-refractivity contribution < 1.29 is 9.59 Å². The molecule has 1 aromatic carbocycles. The molecule has 0 aliphatic heterocycles. The molecule has 4 heteroatoms. The first-order valence-corrected chi connectivity index (χ1v) is 4.80. The number of amides is 3. The minimum atomic E-state index is -0.811. The highest BCUT2D eigenvalue weighted by atomic mass is 16.2. The minimum Gasteiger partial charge on any atom is -0.351 e. The molecule has 1 rings (SSSR count). The number of rotatable bonds is 3. The van der Waals surface area contributed by atoms with Gasteiger partial charge >= 0.3 is 6.03 Å². The molecular weight excluding hydrogens is 192 g/mol. The van der Waals surface area contributed by atoms with Crippen molar-refractivity contribution in [3.8, 4) is 0 Å². The molecule has 4 nitrogen and oxygen atoms in total. The van der Waals surface area contributed by atoms with Crippen molar-refractivity contribution in [3.05, 3.63) is 35.9 Å². The van der Waals surface area contributed by atoms with Crippen molar-refractivity contribution in [2.45, 2.75) is 19.3 Å². The number of urea groups is 1. The topological polar surface area (TPSA) is 72.2 Å². The first-order valence-electron chi connectivity index (χ1n) is 4.80. The number of carbonyl (C=O) groups is 2. The van der Waals surface area contributed by atoms with Crippen LogP contribution in [0.4, 0.5) is 4.79 Å². The molecule has 0 aliphatic rings. The van der Waals surface area contributed by atoms with E-state index in [0.717, 1.165) is 5.56 Å². The van der Waals surface area contributed by atoms with Gasteiger partial charge in [0.1, 0.15) is 0 Å². The summed E-state index contributed by atoms with van der Waals surface area (Å²) >= 11 is 0. The van der Waals surface area contributed by atoms with Crippen LogP contribution in [0.5, 0.6) is 0 Å². The first-order chi connectivity index (χ1) is 7.15. The number of carbonyl (C=O) groups excluding carboxylic acids is 2. The Hall–Kier alpha value is -1.84. The molecule has 0 saturated heterocycles. The van der Waals surface area contributed by atoms with Crippen LogP contribution in [0, 0.1) is 0 Å². The summed E-state index contributed by atoms with van der Waals surface area (Å²) in [7, 11) is 0. The van der Waals surface area contributed by atoms with E-state index in [1.807, 2.05) is 37.3 Å². The van der Waals surface area contributed by atoms with Gasteiger partial charge in [-0.15, -0.1) is 0 Å². The Kier molecular flexibility index (Phi) is 3.85. The second-order valence-electron chi connectivity index (χ2n) is 3.23. The van der Waals surface area contributed by atoms with Crippen molar-refractivity contribution in [1.29, 1.82) is 0 Å². The third kappa shape index (κ3) is 3.09. The fraction of sp³-hybridized carbons (Fsp3) is 0.273. The van der Waals surface area contributed by atoms with Gasteiger partial charge in [0.2, 0.25) is 5.91 Å². The normalized spacial score (nSPS) is 11.8. The predicted octanol–water partition coefficient (Wildman–Crippen LogP) is 1.38. The third-order valence-electron chi connectivity index (χ3n) is 2.17. The van der Waals surface area contributed by atoms with Crippen molar-refractivity contribution in [2.24, 2.45) is 5.73 Å². The van der Waals surface area contributed by atoms with E-state index in [-0.39, 0.29) is 11.8 Å². The summed E-state index contributed by atoms with van der Waals surface area (Å²) in [5.74, 6) is -0.671. The van der Waals surface area contributed by atoms with Gasteiger partial charge in [0.15, 0.2) is 0 Å². The van der Waals surface area contributed by atoms with E-state index in [9.17, 15) is 9.59 Å². The van der Waals surface area contributed by atoms with Gasteiger partial charge in [0.05, 0.1) is 5.92 Å². The molecular formula is C11H14N2O2. The summed E-state index contributed by atoms with van der Waals surface area (Å²) in [6, 6.07) is 8.49. The van der Waals surface area contributed by atoms with E-state index in [4.69, 9.17) is 5.73 Å². The Morgan fingerprint density at radius 1 is 1.33 bits per heavy atom. The number of benzene rings is 1.